The van der Waals surface area contributed by atoms with E-state index in [4.69, 9.17) is 18.0 Å². The van der Waals surface area contributed by atoms with E-state index in [1.165, 1.54) is 25.9 Å². The molecule has 18 heavy (non-hydrogen) atoms. The molecular weight excluding hydrogens is 246 g/mol. The number of likely N-dealkylation sites (tertiary alicyclic amines) is 1. The molecular formula is C13H23N3OS. The second-order valence-corrected chi connectivity index (χ2v) is 6.02. The van der Waals surface area contributed by atoms with Crippen LogP contribution in [0.4, 0.5) is 0 Å². The topological polar surface area (TPSA) is 49.6 Å². The summed E-state index contributed by atoms with van der Waals surface area (Å²) in [5, 5.41) is 0. The van der Waals surface area contributed by atoms with Crippen molar-refractivity contribution in [2.24, 2.45) is 11.1 Å². The monoisotopic (exact) mass is 269 g/mol. The summed E-state index contributed by atoms with van der Waals surface area (Å²) in [5.74, 6) is 0.125. The number of thiocarbonyl (C=S) groups is 1. The van der Waals surface area contributed by atoms with Crippen LogP contribution in [-0.2, 0) is 4.79 Å². The maximum Gasteiger partial charge on any atom is 0.235 e. The fourth-order valence-corrected chi connectivity index (χ4v) is 3.15. The largest absolute Gasteiger partial charge is 0.392 e. The summed E-state index contributed by atoms with van der Waals surface area (Å²) in [6.45, 7) is 4.09. The number of carbonyl (C=O) groups excluding carboxylic acids is 1. The van der Waals surface area contributed by atoms with Crippen LogP contribution in [0.5, 0.6) is 0 Å². The van der Waals surface area contributed by atoms with E-state index in [1.807, 2.05) is 11.9 Å². The maximum atomic E-state index is 12.4. The molecule has 0 radical (unpaired) electrons. The van der Waals surface area contributed by atoms with Gasteiger partial charge in [0.2, 0.25) is 5.91 Å². The molecule has 0 bridgehead atoms. The fourth-order valence-electron chi connectivity index (χ4n) is 2.86. The molecule has 5 heteroatoms. The van der Waals surface area contributed by atoms with Gasteiger partial charge in [0, 0.05) is 20.1 Å². The van der Waals surface area contributed by atoms with Crippen molar-refractivity contribution in [2.75, 3.05) is 33.2 Å². The summed E-state index contributed by atoms with van der Waals surface area (Å²) in [7, 11) is 1.87. The van der Waals surface area contributed by atoms with Gasteiger partial charge in [-0.1, -0.05) is 18.6 Å². The van der Waals surface area contributed by atoms with Crippen LogP contribution in [0.25, 0.3) is 0 Å². The number of nitrogens with two attached hydrogens (primary N) is 1. The zero-order valence-electron chi connectivity index (χ0n) is 11.2. The highest BCUT2D eigenvalue weighted by Gasteiger charge is 2.48. The Morgan fingerprint density at radius 2 is 1.94 bits per heavy atom. The lowest BCUT2D eigenvalue weighted by atomic mass is 9.67. The van der Waals surface area contributed by atoms with Gasteiger partial charge >= 0.3 is 0 Å². The molecule has 1 aliphatic heterocycles. The van der Waals surface area contributed by atoms with E-state index in [2.05, 4.69) is 4.90 Å². The molecule has 2 aliphatic rings. The van der Waals surface area contributed by atoms with Crippen LogP contribution in [0.15, 0.2) is 0 Å². The summed E-state index contributed by atoms with van der Waals surface area (Å²) in [6, 6.07) is 0. The number of hydrogen-bond acceptors (Lipinski definition) is 3. The average Bonchev–Trinajstić information content (AvgIpc) is 2.76. The lowest BCUT2D eigenvalue weighted by Crippen LogP contribution is -2.54. The summed E-state index contributed by atoms with van der Waals surface area (Å²) < 4.78 is 0. The highest BCUT2D eigenvalue weighted by Crippen LogP contribution is 2.42. The molecule has 1 heterocycles. The molecule has 0 unspecified atom stereocenters. The zero-order chi connectivity index (χ0) is 13.2. The SMILES string of the molecule is CN(CCN1CCCC1)C(=O)C1(C(N)=S)CCC1. The second kappa shape index (κ2) is 5.53. The Labute approximate surface area is 114 Å². The van der Waals surface area contributed by atoms with Crippen LogP contribution in [0.2, 0.25) is 0 Å². The highest BCUT2D eigenvalue weighted by atomic mass is 32.1. The van der Waals surface area contributed by atoms with Gasteiger partial charge in [-0.2, -0.15) is 0 Å². The molecule has 1 aliphatic carbocycles. The minimum absolute atomic E-state index is 0.125. The van der Waals surface area contributed by atoms with Gasteiger partial charge < -0.3 is 15.5 Å². The van der Waals surface area contributed by atoms with Crippen molar-refractivity contribution in [2.45, 2.75) is 32.1 Å². The maximum absolute atomic E-state index is 12.4. The molecule has 1 saturated heterocycles. The van der Waals surface area contributed by atoms with Gasteiger partial charge in [-0.25, -0.2) is 0 Å². The smallest absolute Gasteiger partial charge is 0.235 e. The van der Waals surface area contributed by atoms with Crippen LogP contribution in [0.1, 0.15) is 32.1 Å². The number of likely N-dealkylation sites (N-methyl/N-ethyl adjacent to an activating group) is 1. The van der Waals surface area contributed by atoms with Crippen molar-refractivity contribution in [3.8, 4) is 0 Å². The Hall–Kier alpha value is -0.680. The van der Waals surface area contributed by atoms with Gasteiger partial charge in [0.25, 0.3) is 0 Å². The van der Waals surface area contributed by atoms with Crippen molar-refractivity contribution >= 4 is 23.1 Å². The molecule has 1 saturated carbocycles. The van der Waals surface area contributed by atoms with E-state index >= 15 is 0 Å². The van der Waals surface area contributed by atoms with Gasteiger partial charge in [-0.15, -0.1) is 0 Å². The summed E-state index contributed by atoms with van der Waals surface area (Å²) >= 11 is 5.09. The Balaban J connectivity index is 1.85. The van der Waals surface area contributed by atoms with Gasteiger partial charge in [-0.05, 0) is 38.8 Å². The summed E-state index contributed by atoms with van der Waals surface area (Å²) in [4.78, 5) is 17.0. The number of nitrogens with zero attached hydrogens (tertiary/aromatic N) is 2. The van der Waals surface area contributed by atoms with Crippen LogP contribution in [-0.4, -0.2) is 53.9 Å². The minimum atomic E-state index is -0.519. The molecule has 2 rings (SSSR count). The lowest BCUT2D eigenvalue weighted by Gasteiger charge is -2.41. The first-order valence-electron chi connectivity index (χ1n) is 6.84. The quantitative estimate of drug-likeness (QED) is 0.757. The zero-order valence-corrected chi connectivity index (χ0v) is 12.0. The predicted molar refractivity (Wildman–Crippen MR) is 76.4 cm³/mol. The normalized spacial score (nSPS) is 22.5. The van der Waals surface area contributed by atoms with Crippen LogP contribution in [0, 0.1) is 5.41 Å². The third-order valence-electron chi connectivity index (χ3n) is 4.39. The average molecular weight is 269 g/mol. The lowest BCUT2D eigenvalue weighted by molar-refractivity contribution is -0.140. The van der Waals surface area contributed by atoms with Crippen molar-refractivity contribution in [3.63, 3.8) is 0 Å². The minimum Gasteiger partial charge on any atom is -0.392 e. The molecule has 0 atom stereocenters. The molecule has 0 aromatic heterocycles. The van der Waals surface area contributed by atoms with Crippen LogP contribution in [0.3, 0.4) is 0 Å². The van der Waals surface area contributed by atoms with Crippen molar-refractivity contribution in [3.05, 3.63) is 0 Å². The molecule has 1 amide bonds. The predicted octanol–water partition coefficient (Wildman–Crippen LogP) is 0.997. The first-order chi connectivity index (χ1) is 8.56. The first-order valence-corrected chi connectivity index (χ1v) is 7.25. The number of hydrogen-bond donors (Lipinski definition) is 1. The summed E-state index contributed by atoms with van der Waals surface area (Å²) in [6.07, 6.45) is 5.29. The van der Waals surface area contributed by atoms with Gasteiger partial charge in [0.1, 0.15) is 0 Å². The third-order valence-corrected chi connectivity index (χ3v) is 4.78. The number of carbonyl (C=O) groups is 1. The Morgan fingerprint density at radius 3 is 2.39 bits per heavy atom. The van der Waals surface area contributed by atoms with Crippen LogP contribution >= 0.6 is 12.2 Å². The van der Waals surface area contributed by atoms with Crippen molar-refractivity contribution in [1.29, 1.82) is 0 Å². The standard InChI is InChI=1S/C13H23N3OS/c1-15(9-10-16-7-2-3-8-16)12(17)13(11(14)18)5-4-6-13/h2-10H2,1H3,(H2,14,18). The van der Waals surface area contributed by atoms with Gasteiger partial charge in [0.15, 0.2) is 0 Å². The molecule has 0 aromatic rings. The number of rotatable bonds is 5. The van der Waals surface area contributed by atoms with Crippen LogP contribution < -0.4 is 5.73 Å². The Kier molecular flexibility index (Phi) is 4.22. The van der Waals surface area contributed by atoms with E-state index in [0.29, 0.717) is 4.99 Å². The van der Waals surface area contributed by atoms with E-state index in [1.54, 1.807) is 0 Å². The van der Waals surface area contributed by atoms with E-state index in [0.717, 1.165) is 32.4 Å². The van der Waals surface area contributed by atoms with E-state index in [-0.39, 0.29) is 5.91 Å². The molecule has 0 aromatic carbocycles. The summed E-state index contributed by atoms with van der Waals surface area (Å²) in [5.41, 5.74) is 5.24. The molecule has 2 N–H and O–H groups in total. The van der Waals surface area contributed by atoms with Gasteiger partial charge in [0.05, 0.1) is 10.4 Å². The highest BCUT2D eigenvalue weighted by molar-refractivity contribution is 7.80. The Morgan fingerprint density at radius 1 is 1.33 bits per heavy atom. The van der Waals surface area contributed by atoms with Crippen molar-refractivity contribution < 1.29 is 4.79 Å². The van der Waals surface area contributed by atoms with Crippen molar-refractivity contribution in [1.82, 2.24) is 9.80 Å². The third kappa shape index (κ3) is 2.52. The molecule has 102 valence electrons. The van der Waals surface area contributed by atoms with E-state index < -0.39 is 5.41 Å². The van der Waals surface area contributed by atoms with E-state index in [9.17, 15) is 4.79 Å². The molecule has 0 spiro atoms. The molecule has 4 nitrogen and oxygen atoms in total. The molecule has 2 fully saturated rings. The number of amides is 1. The first kappa shape index (κ1) is 13.7. The second-order valence-electron chi connectivity index (χ2n) is 5.58. The Bertz CT molecular complexity index is 335. The fraction of sp³-hybridized carbons (Fsp3) is 0.846. The van der Waals surface area contributed by atoms with Gasteiger partial charge in [-0.3, -0.25) is 4.79 Å².